The Morgan fingerprint density at radius 1 is 1.56 bits per heavy atom. The third-order valence-corrected chi connectivity index (χ3v) is 4.76. The molecule has 18 heavy (non-hydrogen) atoms. The molecule has 0 amide bonds. The van der Waals surface area contributed by atoms with Crippen LogP contribution in [0.4, 0.5) is 5.82 Å². The van der Waals surface area contributed by atoms with Gasteiger partial charge in [-0.05, 0) is 18.8 Å². The third kappa shape index (κ3) is 2.82. The summed E-state index contributed by atoms with van der Waals surface area (Å²) in [6.07, 6.45) is 3.32. The summed E-state index contributed by atoms with van der Waals surface area (Å²) >= 11 is 0. The van der Waals surface area contributed by atoms with E-state index in [9.17, 15) is 8.42 Å². The largest absolute Gasteiger partial charge is 0.326 e. The maximum absolute atomic E-state index is 12.2. The number of rotatable bonds is 4. The number of anilines is 1. The van der Waals surface area contributed by atoms with Gasteiger partial charge in [-0.25, -0.2) is 0 Å². The first-order valence-corrected chi connectivity index (χ1v) is 7.47. The zero-order valence-electron chi connectivity index (χ0n) is 10.4. The normalized spacial score (nSPS) is 19.0. The monoisotopic (exact) mass is 273 g/mol. The molecule has 1 fully saturated rings. The minimum absolute atomic E-state index is 0.241. The molecule has 0 atom stereocenters. The summed E-state index contributed by atoms with van der Waals surface area (Å²) in [5.41, 5.74) is 6.16. The summed E-state index contributed by atoms with van der Waals surface area (Å²) in [6.45, 7) is 3.50. The van der Waals surface area contributed by atoms with Gasteiger partial charge in [-0.2, -0.15) is 17.8 Å². The SMILES string of the molecule is CC1CCN(S(=O)(=O)Nc2[nH]ncc2CN)CC1. The van der Waals surface area contributed by atoms with E-state index in [4.69, 9.17) is 5.73 Å². The molecule has 8 heteroatoms. The Hall–Kier alpha value is -1.12. The Morgan fingerprint density at radius 3 is 2.83 bits per heavy atom. The highest BCUT2D eigenvalue weighted by Crippen LogP contribution is 2.20. The number of aromatic nitrogens is 2. The number of H-pyrrole nitrogens is 1. The van der Waals surface area contributed by atoms with Crippen molar-refractivity contribution >= 4 is 16.0 Å². The van der Waals surface area contributed by atoms with Crippen LogP contribution in [0.15, 0.2) is 6.20 Å². The van der Waals surface area contributed by atoms with Gasteiger partial charge in [-0.1, -0.05) is 6.92 Å². The van der Waals surface area contributed by atoms with E-state index in [0.717, 1.165) is 12.8 Å². The number of nitrogens with one attached hydrogen (secondary N) is 2. The van der Waals surface area contributed by atoms with Crippen LogP contribution in [0, 0.1) is 5.92 Å². The molecular weight excluding hydrogens is 254 g/mol. The first kappa shape index (κ1) is 13.3. The van der Waals surface area contributed by atoms with E-state index in [1.54, 1.807) is 0 Å². The fourth-order valence-corrected chi connectivity index (χ4v) is 3.23. The molecular formula is C10H19N5O2S. The third-order valence-electron chi connectivity index (χ3n) is 3.25. The highest BCUT2D eigenvalue weighted by Gasteiger charge is 2.27. The van der Waals surface area contributed by atoms with Crippen molar-refractivity contribution in [3.05, 3.63) is 11.8 Å². The lowest BCUT2D eigenvalue weighted by atomic mass is 10.0. The van der Waals surface area contributed by atoms with Gasteiger partial charge in [0.15, 0.2) is 0 Å². The molecule has 0 aromatic carbocycles. The second-order valence-electron chi connectivity index (χ2n) is 4.66. The highest BCUT2D eigenvalue weighted by atomic mass is 32.2. The maximum atomic E-state index is 12.2. The van der Waals surface area contributed by atoms with Crippen molar-refractivity contribution in [2.45, 2.75) is 26.3 Å². The van der Waals surface area contributed by atoms with Crippen molar-refractivity contribution in [2.75, 3.05) is 17.8 Å². The fraction of sp³-hybridized carbons (Fsp3) is 0.700. The van der Waals surface area contributed by atoms with Crippen LogP contribution in [-0.2, 0) is 16.8 Å². The summed E-state index contributed by atoms with van der Waals surface area (Å²) in [6, 6.07) is 0. The van der Waals surface area contributed by atoms with Gasteiger partial charge in [-0.3, -0.25) is 9.82 Å². The molecule has 0 aliphatic carbocycles. The average Bonchev–Trinajstić information content (AvgIpc) is 2.76. The van der Waals surface area contributed by atoms with E-state index in [0.29, 0.717) is 30.4 Å². The number of nitrogens with zero attached hydrogens (tertiary/aromatic N) is 2. The van der Waals surface area contributed by atoms with E-state index < -0.39 is 10.2 Å². The van der Waals surface area contributed by atoms with Gasteiger partial charge in [0.2, 0.25) is 0 Å². The summed E-state index contributed by atoms with van der Waals surface area (Å²) < 4.78 is 28.3. The first-order chi connectivity index (χ1) is 8.53. The molecule has 1 saturated heterocycles. The van der Waals surface area contributed by atoms with Crippen molar-refractivity contribution in [1.29, 1.82) is 0 Å². The summed E-state index contributed by atoms with van der Waals surface area (Å²) in [7, 11) is -3.51. The van der Waals surface area contributed by atoms with E-state index in [2.05, 4.69) is 21.8 Å². The molecule has 1 aromatic heterocycles. The maximum Gasteiger partial charge on any atom is 0.302 e. The average molecular weight is 273 g/mol. The van der Waals surface area contributed by atoms with Crippen LogP contribution in [0.25, 0.3) is 0 Å². The van der Waals surface area contributed by atoms with Crippen molar-refractivity contribution in [2.24, 2.45) is 11.7 Å². The number of hydrogen-bond acceptors (Lipinski definition) is 4. The van der Waals surface area contributed by atoms with E-state index in [1.807, 2.05) is 0 Å². The van der Waals surface area contributed by atoms with Crippen LogP contribution in [0.2, 0.25) is 0 Å². The molecule has 1 aromatic rings. The van der Waals surface area contributed by atoms with E-state index >= 15 is 0 Å². The van der Waals surface area contributed by atoms with Gasteiger partial charge in [0.1, 0.15) is 5.82 Å². The lowest BCUT2D eigenvalue weighted by Gasteiger charge is -2.29. The molecule has 102 valence electrons. The molecule has 4 N–H and O–H groups in total. The second-order valence-corrected chi connectivity index (χ2v) is 6.33. The number of hydrogen-bond donors (Lipinski definition) is 3. The van der Waals surface area contributed by atoms with Gasteiger partial charge in [0, 0.05) is 25.2 Å². The van der Waals surface area contributed by atoms with Crippen molar-refractivity contribution in [3.8, 4) is 0 Å². The van der Waals surface area contributed by atoms with Gasteiger partial charge in [0.25, 0.3) is 0 Å². The summed E-state index contributed by atoms with van der Waals surface area (Å²) in [5.74, 6) is 0.944. The number of nitrogens with two attached hydrogens (primary N) is 1. The summed E-state index contributed by atoms with van der Waals surface area (Å²) in [5, 5.41) is 6.40. The topological polar surface area (TPSA) is 104 Å². The molecule has 2 rings (SSSR count). The molecule has 0 radical (unpaired) electrons. The quantitative estimate of drug-likeness (QED) is 0.731. The smallest absolute Gasteiger partial charge is 0.302 e. The Balaban J connectivity index is 2.08. The van der Waals surface area contributed by atoms with Gasteiger partial charge < -0.3 is 5.73 Å². The van der Waals surface area contributed by atoms with Crippen LogP contribution >= 0.6 is 0 Å². The zero-order chi connectivity index (χ0) is 13.2. The van der Waals surface area contributed by atoms with Crippen LogP contribution < -0.4 is 10.5 Å². The molecule has 0 unspecified atom stereocenters. The molecule has 1 aliphatic rings. The molecule has 1 aliphatic heterocycles. The number of piperidine rings is 1. The lowest BCUT2D eigenvalue weighted by Crippen LogP contribution is -2.41. The van der Waals surface area contributed by atoms with E-state index in [-0.39, 0.29) is 6.54 Å². The molecule has 0 saturated carbocycles. The number of aromatic amines is 1. The molecule has 2 heterocycles. The zero-order valence-corrected chi connectivity index (χ0v) is 11.2. The molecule has 7 nitrogen and oxygen atoms in total. The highest BCUT2D eigenvalue weighted by molar-refractivity contribution is 7.90. The second kappa shape index (κ2) is 5.25. The van der Waals surface area contributed by atoms with Crippen LogP contribution in [0.5, 0.6) is 0 Å². The predicted molar refractivity (Wildman–Crippen MR) is 69.0 cm³/mol. The molecule has 0 spiro atoms. The van der Waals surface area contributed by atoms with E-state index in [1.165, 1.54) is 10.5 Å². The standard InChI is InChI=1S/C10H19N5O2S/c1-8-2-4-15(5-3-8)18(16,17)14-10-9(6-11)7-12-13-10/h7-8H,2-6,11H2,1H3,(H2,12,13,14). The van der Waals surface area contributed by atoms with Crippen molar-refractivity contribution < 1.29 is 8.42 Å². The first-order valence-electron chi connectivity index (χ1n) is 6.03. The Bertz CT molecular complexity index is 490. The van der Waals surface area contributed by atoms with Crippen LogP contribution in [0.3, 0.4) is 0 Å². The minimum Gasteiger partial charge on any atom is -0.326 e. The van der Waals surface area contributed by atoms with Crippen LogP contribution in [0.1, 0.15) is 25.3 Å². The van der Waals surface area contributed by atoms with Crippen molar-refractivity contribution in [1.82, 2.24) is 14.5 Å². The Kier molecular flexibility index (Phi) is 3.88. The Morgan fingerprint density at radius 2 is 2.22 bits per heavy atom. The van der Waals surface area contributed by atoms with Gasteiger partial charge in [0.05, 0.1) is 6.20 Å². The van der Waals surface area contributed by atoms with Crippen LogP contribution in [-0.4, -0.2) is 36.0 Å². The summed E-state index contributed by atoms with van der Waals surface area (Å²) in [4.78, 5) is 0. The predicted octanol–water partition coefficient (Wildman–Crippen LogP) is 0.257. The van der Waals surface area contributed by atoms with Crippen molar-refractivity contribution in [3.63, 3.8) is 0 Å². The minimum atomic E-state index is -3.51. The lowest BCUT2D eigenvalue weighted by molar-refractivity contribution is 0.289. The molecule has 0 bridgehead atoms. The van der Waals surface area contributed by atoms with Gasteiger partial charge in [-0.15, -0.1) is 0 Å². The Labute approximate surface area is 107 Å². The van der Waals surface area contributed by atoms with Gasteiger partial charge >= 0.3 is 10.2 Å². The fourth-order valence-electron chi connectivity index (χ4n) is 1.97.